The highest BCUT2D eigenvalue weighted by atomic mass is 32.2. The van der Waals surface area contributed by atoms with Crippen LogP contribution < -0.4 is 4.74 Å². The van der Waals surface area contributed by atoms with E-state index in [0.717, 1.165) is 5.01 Å². The zero-order chi connectivity index (χ0) is 27.2. The van der Waals surface area contributed by atoms with Crippen LogP contribution in [0.3, 0.4) is 0 Å². The quantitative estimate of drug-likeness (QED) is 0.321. The average Bonchev–Trinajstić information content (AvgIpc) is 3.12. The lowest BCUT2D eigenvalue weighted by Gasteiger charge is -2.54. The van der Waals surface area contributed by atoms with E-state index in [4.69, 9.17) is 9.47 Å². The standard InChI is InChI=1S/C26H26N4O7S/c1-26(2)29(23(33)19(30(26)27-35)16-7-5-4-6-8-16)21-22(32)28-20(18(31)14-38-24(21)28)25(34)37-13-15-9-11-17(36-3)12-10-15/h4-12,19,21,24,31H,13-14H2,1-3H3/t19?,21?,24-/m0/s1. The summed E-state index contributed by atoms with van der Waals surface area (Å²) in [6.07, 6.45) is 0. The molecule has 0 spiro atoms. The molecule has 38 heavy (non-hydrogen) atoms. The second kappa shape index (κ2) is 9.67. The highest BCUT2D eigenvalue weighted by Crippen LogP contribution is 2.49. The van der Waals surface area contributed by atoms with Crippen LogP contribution in [0, 0.1) is 4.91 Å². The van der Waals surface area contributed by atoms with Gasteiger partial charge < -0.3 is 19.5 Å². The van der Waals surface area contributed by atoms with Crippen LogP contribution in [0.4, 0.5) is 0 Å². The van der Waals surface area contributed by atoms with Gasteiger partial charge in [-0.1, -0.05) is 42.5 Å². The summed E-state index contributed by atoms with van der Waals surface area (Å²) in [5.41, 5.74) is -0.178. The molecular formula is C26H26N4O7S. The maximum atomic E-state index is 13.7. The van der Waals surface area contributed by atoms with Crippen molar-refractivity contribution in [2.45, 2.75) is 43.6 Å². The van der Waals surface area contributed by atoms with Gasteiger partial charge in [0.1, 0.15) is 35.2 Å². The molecule has 3 aliphatic rings. The molecule has 3 atom stereocenters. The van der Waals surface area contributed by atoms with E-state index in [2.05, 4.69) is 5.29 Å². The van der Waals surface area contributed by atoms with Crippen LogP contribution in [-0.4, -0.2) is 67.6 Å². The summed E-state index contributed by atoms with van der Waals surface area (Å²) in [5.74, 6) is -1.41. The Labute approximate surface area is 222 Å². The molecule has 2 unspecified atom stereocenters. The molecule has 5 rings (SSSR count). The van der Waals surface area contributed by atoms with Crippen molar-refractivity contribution in [3.63, 3.8) is 0 Å². The van der Waals surface area contributed by atoms with E-state index in [1.165, 1.54) is 21.6 Å². The zero-order valence-electron chi connectivity index (χ0n) is 20.9. The fraction of sp³-hybridized carbons (Fsp3) is 0.346. The maximum absolute atomic E-state index is 13.7. The van der Waals surface area contributed by atoms with E-state index in [9.17, 15) is 24.4 Å². The number of carbonyl (C=O) groups is 3. The van der Waals surface area contributed by atoms with Gasteiger partial charge in [0.2, 0.25) is 0 Å². The maximum Gasteiger partial charge on any atom is 0.358 e. The molecule has 12 heteroatoms. The van der Waals surface area contributed by atoms with Crippen molar-refractivity contribution in [1.29, 1.82) is 0 Å². The lowest BCUT2D eigenvalue weighted by molar-refractivity contribution is -0.165. The van der Waals surface area contributed by atoms with Crippen LogP contribution >= 0.6 is 11.8 Å². The first-order chi connectivity index (χ1) is 18.2. The Hall–Kier alpha value is -4.06. The second-order valence-electron chi connectivity index (χ2n) is 9.52. The molecule has 0 saturated carbocycles. The Morgan fingerprint density at radius 2 is 1.79 bits per heavy atom. The number of nitrogens with zero attached hydrogens (tertiary/aromatic N) is 4. The first kappa shape index (κ1) is 25.6. The summed E-state index contributed by atoms with van der Waals surface area (Å²) in [7, 11) is 1.55. The number of benzene rings is 2. The predicted octanol–water partition coefficient (Wildman–Crippen LogP) is 3.09. The fourth-order valence-electron chi connectivity index (χ4n) is 5.09. The summed E-state index contributed by atoms with van der Waals surface area (Å²) >= 11 is 1.22. The van der Waals surface area contributed by atoms with Gasteiger partial charge in [-0.05, 0) is 37.1 Å². The van der Waals surface area contributed by atoms with Gasteiger partial charge in [-0.3, -0.25) is 14.5 Å². The van der Waals surface area contributed by atoms with Crippen molar-refractivity contribution in [2.24, 2.45) is 5.29 Å². The lowest BCUT2D eigenvalue weighted by Crippen LogP contribution is -2.73. The van der Waals surface area contributed by atoms with Crippen molar-refractivity contribution in [3.05, 3.63) is 82.1 Å². The molecule has 0 radical (unpaired) electrons. The normalized spacial score (nSPS) is 24.2. The first-order valence-electron chi connectivity index (χ1n) is 11.9. The second-order valence-corrected chi connectivity index (χ2v) is 10.6. The Bertz CT molecular complexity index is 1310. The van der Waals surface area contributed by atoms with Gasteiger partial charge in [-0.15, -0.1) is 16.7 Å². The number of rotatable bonds is 7. The molecule has 2 amide bonds. The number of fused-ring (bicyclic) bond motifs is 1. The molecule has 198 valence electrons. The summed E-state index contributed by atoms with van der Waals surface area (Å²) < 4.78 is 10.5. The number of hydrogen-bond acceptors (Lipinski definition) is 9. The van der Waals surface area contributed by atoms with Crippen LogP contribution in [0.15, 0.2) is 71.3 Å². The molecule has 0 bridgehead atoms. The topological polar surface area (TPSA) is 129 Å². The monoisotopic (exact) mass is 538 g/mol. The molecular weight excluding hydrogens is 512 g/mol. The third-order valence-corrected chi connectivity index (χ3v) is 8.24. The van der Waals surface area contributed by atoms with Gasteiger partial charge in [-0.25, -0.2) is 9.80 Å². The van der Waals surface area contributed by atoms with Crippen molar-refractivity contribution in [1.82, 2.24) is 14.8 Å². The van der Waals surface area contributed by atoms with E-state index in [1.807, 2.05) is 0 Å². The summed E-state index contributed by atoms with van der Waals surface area (Å²) in [4.78, 5) is 54.6. The lowest BCUT2D eigenvalue weighted by atomic mass is 9.99. The molecule has 3 aliphatic heterocycles. The number of hydrogen-bond donors (Lipinski definition) is 1. The van der Waals surface area contributed by atoms with Gasteiger partial charge in [0.25, 0.3) is 11.8 Å². The van der Waals surface area contributed by atoms with Crippen LogP contribution in [-0.2, 0) is 25.7 Å². The summed E-state index contributed by atoms with van der Waals surface area (Å²) in [5, 5.41) is 14.2. The van der Waals surface area contributed by atoms with Crippen molar-refractivity contribution >= 4 is 29.5 Å². The number of ether oxygens (including phenoxy) is 2. The van der Waals surface area contributed by atoms with Crippen molar-refractivity contribution < 1.29 is 29.0 Å². The predicted molar refractivity (Wildman–Crippen MR) is 137 cm³/mol. The molecule has 1 N–H and O–H groups in total. The van der Waals surface area contributed by atoms with Gasteiger partial charge in [0.15, 0.2) is 11.7 Å². The van der Waals surface area contributed by atoms with Crippen LogP contribution in [0.25, 0.3) is 0 Å². The van der Waals surface area contributed by atoms with E-state index >= 15 is 0 Å². The molecule has 3 heterocycles. The number of methoxy groups -OCH3 is 1. The highest BCUT2D eigenvalue weighted by molar-refractivity contribution is 8.00. The summed E-state index contributed by atoms with van der Waals surface area (Å²) in [6.45, 7) is 3.23. The van der Waals surface area contributed by atoms with Crippen LogP contribution in [0.5, 0.6) is 5.75 Å². The van der Waals surface area contributed by atoms with Crippen LogP contribution in [0.2, 0.25) is 0 Å². The minimum absolute atomic E-state index is 0.0537. The molecule has 0 aliphatic carbocycles. The van der Waals surface area contributed by atoms with Gasteiger partial charge in [0.05, 0.1) is 18.1 Å². The third kappa shape index (κ3) is 3.95. The molecule has 2 aromatic rings. The van der Waals surface area contributed by atoms with E-state index < -0.39 is 40.9 Å². The molecule has 2 fully saturated rings. The number of thioether (sulfide) groups is 1. The molecule has 11 nitrogen and oxygen atoms in total. The number of amides is 2. The Morgan fingerprint density at radius 1 is 1.11 bits per heavy atom. The van der Waals surface area contributed by atoms with Crippen molar-refractivity contribution in [3.8, 4) is 5.75 Å². The molecule has 0 aromatic heterocycles. The number of β-lactam (4-membered cyclic amide) rings is 1. The smallest absolute Gasteiger partial charge is 0.358 e. The number of esters is 1. The largest absolute Gasteiger partial charge is 0.509 e. The number of nitroso groups, excluding NO2 is 1. The Balaban J connectivity index is 1.37. The van der Waals surface area contributed by atoms with Gasteiger partial charge >= 0.3 is 5.97 Å². The summed E-state index contributed by atoms with van der Waals surface area (Å²) in [6, 6.07) is 13.7. The van der Waals surface area contributed by atoms with E-state index in [1.54, 1.807) is 75.6 Å². The SMILES string of the molecule is COc1ccc(COC(=O)C2=C(O)CS[C@H]3C(N4C(=O)C(c5ccccc5)N(N=O)C4(C)C)C(=O)N23)cc1. The number of aliphatic hydroxyl groups is 1. The minimum atomic E-state index is -1.22. The Morgan fingerprint density at radius 3 is 2.42 bits per heavy atom. The third-order valence-electron chi connectivity index (χ3n) is 6.99. The zero-order valence-corrected chi connectivity index (χ0v) is 21.8. The molecule has 2 saturated heterocycles. The van der Waals surface area contributed by atoms with E-state index in [0.29, 0.717) is 16.9 Å². The number of carbonyl (C=O) groups excluding carboxylic acids is 3. The highest BCUT2D eigenvalue weighted by Gasteiger charge is 2.65. The van der Waals surface area contributed by atoms with Crippen LogP contribution in [0.1, 0.15) is 31.0 Å². The van der Waals surface area contributed by atoms with Gasteiger partial charge in [-0.2, -0.15) is 0 Å². The van der Waals surface area contributed by atoms with Crippen molar-refractivity contribution in [2.75, 3.05) is 12.9 Å². The average molecular weight is 539 g/mol. The number of aliphatic hydroxyl groups excluding tert-OH is 1. The molecule has 2 aromatic carbocycles. The minimum Gasteiger partial charge on any atom is -0.509 e. The first-order valence-corrected chi connectivity index (χ1v) is 12.9. The Kier molecular flexibility index (Phi) is 6.51. The fourth-order valence-corrected chi connectivity index (χ4v) is 6.34. The van der Waals surface area contributed by atoms with Gasteiger partial charge in [0, 0.05) is 0 Å². The van der Waals surface area contributed by atoms with E-state index in [-0.39, 0.29) is 23.8 Å².